The third-order valence-corrected chi connectivity index (χ3v) is 5.19. The summed E-state index contributed by atoms with van der Waals surface area (Å²) >= 11 is 6.13. The summed E-state index contributed by atoms with van der Waals surface area (Å²) in [6.07, 6.45) is 9.00. The maximum atomic E-state index is 12.0. The number of hydrogen-bond donors (Lipinski definition) is 2. The Bertz CT molecular complexity index is 1030. The molecule has 2 aromatic heterocycles. The number of aromatic amines is 1. The van der Waals surface area contributed by atoms with Crippen LogP contribution in [0.25, 0.3) is 11.2 Å². The van der Waals surface area contributed by atoms with E-state index in [0.717, 1.165) is 5.56 Å². The summed E-state index contributed by atoms with van der Waals surface area (Å²) in [5, 5.41) is 0.569. The van der Waals surface area contributed by atoms with Gasteiger partial charge in [0.25, 0.3) is 5.56 Å². The molecule has 4 rings (SSSR count). The van der Waals surface area contributed by atoms with Crippen molar-refractivity contribution >= 4 is 28.7 Å². The van der Waals surface area contributed by atoms with Crippen LogP contribution >= 0.6 is 11.6 Å². The number of aromatic nitrogens is 4. The second-order valence-electron chi connectivity index (χ2n) is 6.76. The van der Waals surface area contributed by atoms with Crippen molar-refractivity contribution in [2.75, 3.05) is 5.73 Å². The molecule has 1 aliphatic carbocycles. The van der Waals surface area contributed by atoms with Crippen molar-refractivity contribution in [1.29, 1.82) is 0 Å². The van der Waals surface area contributed by atoms with Gasteiger partial charge in [0.05, 0.1) is 6.54 Å². The molecule has 0 aliphatic heterocycles. The van der Waals surface area contributed by atoms with E-state index in [9.17, 15) is 9.59 Å². The number of nitrogens with zero attached hydrogens (tertiary/aromatic N) is 3. The standard InChI is InChI=1S/C13H12ClN5O2.C6H12/c1-18-10-9(11(20)17-13(18)21)19(12(15)16-10)6-7-4-2-3-5-8(7)14;1-2-4-6-5-3-1/h2-5H,6H2,1H3,(H2,15,16)(H,17,20,21);1-6H2. The zero-order valence-corrected chi connectivity index (χ0v) is 16.1. The Kier molecular flexibility index (Phi) is 6.01. The van der Waals surface area contributed by atoms with Crippen LogP contribution in [0.2, 0.25) is 5.02 Å². The lowest BCUT2D eigenvalue weighted by Crippen LogP contribution is -2.29. The number of benzene rings is 1. The number of fused-ring (bicyclic) bond motifs is 1. The zero-order chi connectivity index (χ0) is 19.4. The first-order chi connectivity index (χ1) is 13.0. The molecule has 7 nitrogen and oxygen atoms in total. The molecule has 0 amide bonds. The molecule has 144 valence electrons. The molecule has 3 N–H and O–H groups in total. The van der Waals surface area contributed by atoms with Crippen LogP contribution in [-0.4, -0.2) is 19.1 Å². The lowest BCUT2D eigenvalue weighted by atomic mass is 10.0. The van der Waals surface area contributed by atoms with Crippen LogP contribution in [0.4, 0.5) is 5.95 Å². The van der Waals surface area contributed by atoms with E-state index in [-0.39, 0.29) is 17.1 Å². The van der Waals surface area contributed by atoms with Crippen molar-refractivity contribution < 1.29 is 0 Å². The molecule has 2 heterocycles. The quantitative estimate of drug-likeness (QED) is 0.703. The summed E-state index contributed by atoms with van der Waals surface area (Å²) < 4.78 is 2.78. The second-order valence-corrected chi connectivity index (χ2v) is 7.17. The number of halogens is 1. The van der Waals surface area contributed by atoms with Crippen molar-refractivity contribution in [3.05, 3.63) is 55.7 Å². The van der Waals surface area contributed by atoms with Crippen molar-refractivity contribution in [2.24, 2.45) is 7.05 Å². The normalized spacial score (nSPS) is 14.0. The van der Waals surface area contributed by atoms with Crippen LogP contribution < -0.4 is 17.0 Å². The first-order valence-electron chi connectivity index (χ1n) is 9.17. The monoisotopic (exact) mass is 389 g/mol. The molecule has 0 radical (unpaired) electrons. The molecule has 1 saturated carbocycles. The van der Waals surface area contributed by atoms with E-state index in [4.69, 9.17) is 17.3 Å². The van der Waals surface area contributed by atoms with Gasteiger partial charge < -0.3 is 10.3 Å². The molecule has 27 heavy (non-hydrogen) atoms. The Balaban J connectivity index is 0.000000299. The lowest BCUT2D eigenvalue weighted by molar-refractivity contribution is 0.504. The summed E-state index contributed by atoms with van der Waals surface area (Å²) in [5.74, 6) is 0.150. The van der Waals surface area contributed by atoms with Gasteiger partial charge in [-0.25, -0.2) is 4.79 Å². The largest absolute Gasteiger partial charge is 0.369 e. The molecule has 0 unspecified atom stereocenters. The average molecular weight is 390 g/mol. The molecular formula is C19H24ClN5O2. The average Bonchev–Trinajstić information content (AvgIpc) is 3.01. The minimum absolute atomic E-state index is 0.150. The maximum absolute atomic E-state index is 12.0. The summed E-state index contributed by atoms with van der Waals surface area (Å²) in [4.78, 5) is 30.0. The molecule has 0 spiro atoms. The van der Waals surface area contributed by atoms with Crippen LogP contribution in [0, 0.1) is 0 Å². The van der Waals surface area contributed by atoms with Crippen molar-refractivity contribution in [3.63, 3.8) is 0 Å². The number of imidazole rings is 1. The van der Waals surface area contributed by atoms with Crippen LogP contribution in [0.3, 0.4) is 0 Å². The zero-order valence-electron chi connectivity index (χ0n) is 15.4. The Morgan fingerprint density at radius 2 is 1.70 bits per heavy atom. The fourth-order valence-corrected chi connectivity index (χ4v) is 3.46. The first kappa shape index (κ1) is 19.2. The highest BCUT2D eigenvalue weighted by molar-refractivity contribution is 6.31. The van der Waals surface area contributed by atoms with Gasteiger partial charge in [-0.2, -0.15) is 4.98 Å². The van der Waals surface area contributed by atoms with Crippen molar-refractivity contribution in [3.8, 4) is 0 Å². The number of nitrogens with one attached hydrogen (secondary N) is 1. The number of hydrogen-bond acceptors (Lipinski definition) is 4. The van der Waals surface area contributed by atoms with Gasteiger partial charge in [0.2, 0.25) is 5.95 Å². The number of nitrogen functional groups attached to an aromatic ring is 1. The topological polar surface area (TPSA) is 98.7 Å². The van der Waals surface area contributed by atoms with Gasteiger partial charge >= 0.3 is 5.69 Å². The van der Waals surface area contributed by atoms with Gasteiger partial charge in [0.1, 0.15) is 0 Å². The van der Waals surface area contributed by atoms with E-state index in [2.05, 4.69) is 9.97 Å². The minimum atomic E-state index is -0.533. The van der Waals surface area contributed by atoms with Gasteiger partial charge in [0.15, 0.2) is 11.2 Å². The number of rotatable bonds is 2. The molecule has 8 heteroatoms. The summed E-state index contributed by atoms with van der Waals surface area (Å²) in [6.45, 7) is 0.295. The molecular weight excluding hydrogens is 366 g/mol. The third-order valence-electron chi connectivity index (χ3n) is 4.82. The molecule has 0 atom stereocenters. The van der Waals surface area contributed by atoms with Gasteiger partial charge in [-0.15, -0.1) is 0 Å². The Morgan fingerprint density at radius 3 is 2.30 bits per heavy atom. The molecule has 1 fully saturated rings. The predicted octanol–water partition coefficient (Wildman–Crippen LogP) is 3.05. The van der Waals surface area contributed by atoms with Crippen molar-refractivity contribution in [2.45, 2.75) is 45.1 Å². The summed E-state index contributed by atoms with van der Waals surface area (Å²) in [5.41, 5.74) is 6.12. The summed E-state index contributed by atoms with van der Waals surface area (Å²) in [7, 11) is 1.52. The molecule has 0 saturated heterocycles. The fraction of sp³-hybridized carbons (Fsp3) is 0.421. The molecule has 3 aromatic rings. The van der Waals surface area contributed by atoms with Crippen LogP contribution in [0.15, 0.2) is 33.9 Å². The molecule has 0 bridgehead atoms. The number of anilines is 1. The Hall–Kier alpha value is -2.54. The molecule has 1 aliphatic rings. The molecule has 1 aromatic carbocycles. The SMILES string of the molecule is C1CCCCC1.Cn1c(=O)[nH]c(=O)c2c1nc(N)n2Cc1ccccc1Cl. The van der Waals surface area contributed by atoms with Crippen LogP contribution in [0.5, 0.6) is 0 Å². The lowest BCUT2D eigenvalue weighted by Gasteiger charge is -2.07. The van der Waals surface area contributed by atoms with E-state index in [1.54, 1.807) is 6.07 Å². The highest BCUT2D eigenvalue weighted by Gasteiger charge is 2.16. The van der Waals surface area contributed by atoms with Crippen LogP contribution in [-0.2, 0) is 13.6 Å². The second kappa shape index (κ2) is 8.43. The maximum Gasteiger partial charge on any atom is 0.329 e. The minimum Gasteiger partial charge on any atom is -0.369 e. The van der Waals surface area contributed by atoms with Crippen LogP contribution in [0.1, 0.15) is 44.1 Å². The Labute approximate surface area is 161 Å². The summed E-state index contributed by atoms with van der Waals surface area (Å²) in [6, 6.07) is 7.25. The highest BCUT2D eigenvalue weighted by Crippen LogP contribution is 2.20. The smallest absolute Gasteiger partial charge is 0.329 e. The van der Waals surface area contributed by atoms with Gasteiger partial charge in [-0.1, -0.05) is 68.3 Å². The fourth-order valence-electron chi connectivity index (χ4n) is 3.27. The highest BCUT2D eigenvalue weighted by atomic mass is 35.5. The van der Waals surface area contributed by atoms with E-state index in [1.807, 2.05) is 18.2 Å². The van der Waals surface area contributed by atoms with Gasteiger partial charge in [0, 0.05) is 12.1 Å². The van der Waals surface area contributed by atoms with Gasteiger partial charge in [-0.3, -0.25) is 14.3 Å². The Morgan fingerprint density at radius 1 is 1.11 bits per heavy atom. The van der Waals surface area contributed by atoms with E-state index >= 15 is 0 Å². The number of nitrogens with two attached hydrogens (primary N) is 1. The number of aryl methyl sites for hydroxylation is 1. The van der Waals surface area contributed by atoms with Crippen molar-refractivity contribution in [1.82, 2.24) is 19.1 Å². The van der Waals surface area contributed by atoms with Gasteiger partial charge in [-0.05, 0) is 11.6 Å². The van der Waals surface area contributed by atoms with E-state index < -0.39 is 11.2 Å². The van der Waals surface area contributed by atoms with E-state index in [0.29, 0.717) is 11.6 Å². The first-order valence-corrected chi connectivity index (χ1v) is 9.55. The third kappa shape index (κ3) is 4.24. The van der Waals surface area contributed by atoms with E-state index in [1.165, 1.54) is 54.7 Å². The predicted molar refractivity (Wildman–Crippen MR) is 108 cm³/mol. The number of H-pyrrole nitrogens is 1.